The molecule has 2 nitrogen and oxygen atoms in total. The summed E-state index contributed by atoms with van der Waals surface area (Å²) >= 11 is 5.45. The van der Waals surface area contributed by atoms with Gasteiger partial charge in [-0.2, -0.15) is 0 Å². The lowest BCUT2D eigenvalue weighted by Crippen LogP contribution is -2.35. The van der Waals surface area contributed by atoms with Crippen LogP contribution >= 0.6 is 27.3 Å². The molecule has 0 amide bonds. The summed E-state index contributed by atoms with van der Waals surface area (Å²) in [5.74, 6) is 0.864. The number of likely N-dealkylation sites (tertiary alicyclic amines) is 1. The van der Waals surface area contributed by atoms with E-state index < -0.39 is 0 Å². The molecule has 0 radical (unpaired) electrons. The Morgan fingerprint density at radius 1 is 1.60 bits per heavy atom. The van der Waals surface area contributed by atoms with Gasteiger partial charge >= 0.3 is 0 Å². The van der Waals surface area contributed by atoms with E-state index in [1.165, 1.54) is 30.8 Å². The monoisotopic (exact) mass is 288 g/mol. The van der Waals surface area contributed by atoms with Gasteiger partial charge in [-0.1, -0.05) is 22.9 Å². The minimum Gasteiger partial charge on any atom is -0.298 e. The SMILES string of the molecule is CC(Br)C1CCN(Cc2cncs2)CC1. The van der Waals surface area contributed by atoms with Crippen LogP contribution in [-0.2, 0) is 6.54 Å². The Morgan fingerprint density at radius 2 is 2.33 bits per heavy atom. The molecule has 1 aromatic heterocycles. The van der Waals surface area contributed by atoms with E-state index in [1.807, 2.05) is 11.7 Å². The van der Waals surface area contributed by atoms with Crippen LogP contribution in [0, 0.1) is 5.92 Å². The van der Waals surface area contributed by atoms with Crippen LogP contribution in [0.15, 0.2) is 11.7 Å². The largest absolute Gasteiger partial charge is 0.298 e. The maximum Gasteiger partial charge on any atom is 0.0794 e. The molecule has 1 aliphatic rings. The van der Waals surface area contributed by atoms with E-state index in [1.54, 1.807) is 11.3 Å². The number of alkyl halides is 1. The van der Waals surface area contributed by atoms with E-state index in [0.717, 1.165) is 12.5 Å². The first-order valence-corrected chi connectivity index (χ1v) is 7.29. The highest BCUT2D eigenvalue weighted by Crippen LogP contribution is 2.26. The molecule has 0 bridgehead atoms. The molecule has 15 heavy (non-hydrogen) atoms. The molecule has 84 valence electrons. The van der Waals surface area contributed by atoms with Crippen molar-refractivity contribution >= 4 is 27.3 Å². The van der Waals surface area contributed by atoms with Gasteiger partial charge in [0.15, 0.2) is 0 Å². The van der Waals surface area contributed by atoms with Crippen LogP contribution in [0.2, 0.25) is 0 Å². The van der Waals surface area contributed by atoms with Crippen LogP contribution in [0.3, 0.4) is 0 Å². The van der Waals surface area contributed by atoms with E-state index >= 15 is 0 Å². The zero-order valence-corrected chi connectivity index (χ0v) is 11.4. The van der Waals surface area contributed by atoms with Gasteiger partial charge in [-0.15, -0.1) is 11.3 Å². The molecule has 0 spiro atoms. The molecule has 0 aromatic carbocycles. The summed E-state index contributed by atoms with van der Waals surface area (Å²) < 4.78 is 0. The van der Waals surface area contributed by atoms with Gasteiger partial charge in [0.1, 0.15) is 0 Å². The van der Waals surface area contributed by atoms with Crippen LogP contribution in [0.1, 0.15) is 24.6 Å². The van der Waals surface area contributed by atoms with Gasteiger partial charge in [-0.25, -0.2) is 0 Å². The van der Waals surface area contributed by atoms with Crippen molar-refractivity contribution in [3.8, 4) is 0 Å². The van der Waals surface area contributed by atoms with Crippen molar-refractivity contribution in [3.05, 3.63) is 16.6 Å². The molecule has 1 unspecified atom stereocenters. The normalized spacial score (nSPS) is 21.7. The Bertz CT molecular complexity index is 279. The van der Waals surface area contributed by atoms with Crippen LogP contribution in [0.5, 0.6) is 0 Å². The molecule has 1 aliphatic heterocycles. The van der Waals surface area contributed by atoms with Gasteiger partial charge in [-0.3, -0.25) is 9.88 Å². The van der Waals surface area contributed by atoms with Gasteiger partial charge in [0.2, 0.25) is 0 Å². The minimum atomic E-state index is 0.669. The first kappa shape index (κ1) is 11.6. The average molecular weight is 289 g/mol. The van der Waals surface area contributed by atoms with Crippen molar-refractivity contribution in [1.82, 2.24) is 9.88 Å². The number of hydrogen-bond acceptors (Lipinski definition) is 3. The number of hydrogen-bond donors (Lipinski definition) is 0. The lowest BCUT2D eigenvalue weighted by atomic mass is 9.94. The average Bonchev–Trinajstić information content (AvgIpc) is 2.71. The lowest BCUT2D eigenvalue weighted by molar-refractivity contribution is 0.179. The molecular weight excluding hydrogens is 272 g/mol. The number of thiazole rings is 1. The van der Waals surface area contributed by atoms with Crippen molar-refractivity contribution in [1.29, 1.82) is 0 Å². The molecule has 1 fully saturated rings. The Hall–Kier alpha value is 0.0700. The fourth-order valence-corrected chi connectivity index (χ4v) is 3.28. The molecule has 1 atom stereocenters. The zero-order chi connectivity index (χ0) is 10.7. The van der Waals surface area contributed by atoms with E-state index in [-0.39, 0.29) is 0 Å². The number of rotatable bonds is 3. The van der Waals surface area contributed by atoms with E-state index in [2.05, 4.69) is 32.7 Å². The summed E-state index contributed by atoms with van der Waals surface area (Å²) in [7, 11) is 0. The summed E-state index contributed by atoms with van der Waals surface area (Å²) in [4.78, 5) is 8.71. The second-order valence-electron chi connectivity index (χ2n) is 4.26. The van der Waals surface area contributed by atoms with Gasteiger partial charge < -0.3 is 0 Å². The predicted molar refractivity (Wildman–Crippen MR) is 68.5 cm³/mol. The Kier molecular flexibility index (Phi) is 4.17. The van der Waals surface area contributed by atoms with E-state index in [4.69, 9.17) is 0 Å². The molecular formula is C11H17BrN2S. The van der Waals surface area contributed by atoms with Crippen molar-refractivity contribution in [2.45, 2.75) is 31.1 Å². The first-order chi connectivity index (χ1) is 7.25. The van der Waals surface area contributed by atoms with Gasteiger partial charge in [0, 0.05) is 22.4 Å². The Morgan fingerprint density at radius 3 is 2.87 bits per heavy atom. The van der Waals surface area contributed by atoms with Gasteiger partial charge in [0.05, 0.1) is 5.51 Å². The summed E-state index contributed by atoms with van der Waals surface area (Å²) in [6, 6.07) is 0. The highest BCUT2D eigenvalue weighted by molar-refractivity contribution is 9.09. The number of aromatic nitrogens is 1. The first-order valence-electron chi connectivity index (χ1n) is 5.49. The maximum atomic E-state index is 4.12. The van der Waals surface area contributed by atoms with Crippen molar-refractivity contribution < 1.29 is 0 Å². The summed E-state index contributed by atoms with van der Waals surface area (Å²) in [6.07, 6.45) is 4.64. The predicted octanol–water partition coefficient (Wildman–Crippen LogP) is 3.14. The number of halogens is 1. The Balaban J connectivity index is 1.79. The lowest BCUT2D eigenvalue weighted by Gasteiger charge is -2.32. The van der Waals surface area contributed by atoms with E-state index in [9.17, 15) is 0 Å². The summed E-state index contributed by atoms with van der Waals surface area (Å²) in [6.45, 7) is 5.83. The van der Waals surface area contributed by atoms with Crippen LogP contribution in [0.25, 0.3) is 0 Å². The van der Waals surface area contributed by atoms with Crippen molar-refractivity contribution in [2.24, 2.45) is 5.92 Å². The fraction of sp³-hybridized carbons (Fsp3) is 0.727. The number of nitrogens with zero attached hydrogens (tertiary/aromatic N) is 2. The topological polar surface area (TPSA) is 16.1 Å². The zero-order valence-electron chi connectivity index (χ0n) is 9.03. The van der Waals surface area contributed by atoms with Crippen LogP contribution in [-0.4, -0.2) is 27.8 Å². The van der Waals surface area contributed by atoms with Crippen LogP contribution in [0.4, 0.5) is 0 Å². The van der Waals surface area contributed by atoms with Gasteiger partial charge in [-0.05, 0) is 31.8 Å². The third kappa shape index (κ3) is 3.26. The molecule has 0 N–H and O–H groups in total. The molecule has 1 aromatic rings. The molecule has 0 saturated carbocycles. The third-order valence-electron chi connectivity index (χ3n) is 3.14. The Labute approximate surface area is 104 Å². The summed E-state index contributed by atoms with van der Waals surface area (Å²) in [5, 5.41) is 0. The van der Waals surface area contributed by atoms with E-state index in [0.29, 0.717) is 4.83 Å². The standard InChI is InChI=1S/C11H17BrN2S/c1-9(12)10-2-4-14(5-3-10)7-11-6-13-8-15-11/h6,8-10H,2-5,7H2,1H3. The van der Waals surface area contributed by atoms with Crippen molar-refractivity contribution in [3.63, 3.8) is 0 Å². The highest BCUT2D eigenvalue weighted by atomic mass is 79.9. The summed E-state index contributed by atoms with van der Waals surface area (Å²) in [5.41, 5.74) is 1.92. The minimum absolute atomic E-state index is 0.669. The molecule has 0 aliphatic carbocycles. The van der Waals surface area contributed by atoms with Gasteiger partial charge in [0.25, 0.3) is 0 Å². The third-order valence-corrected chi connectivity index (χ3v) is 4.66. The molecule has 2 heterocycles. The quantitative estimate of drug-likeness (QED) is 0.795. The molecule has 4 heteroatoms. The maximum absolute atomic E-state index is 4.12. The fourth-order valence-electron chi connectivity index (χ4n) is 2.11. The highest BCUT2D eigenvalue weighted by Gasteiger charge is 2.22. The number of piperidine rings is 1. The smallest absolute Gasteiger partial charge is 0.0794 e. The second-order valence-corrected chi connectivity index (χ2v) is 6.67. The second kappa shape index (κ2) is 5.41. The molecule has 2 rings (SSSR count). The van der Waals surface area contributed by atoms with Crippen molar-refractivity contribution in [2.75, 3.05) is 13.1 Å². The molecule has 1 saturated heterocycles. The van der Waals surface area contributed by atoms with Crippen LogP contribution < -0.4 is 0 Å².